The maximum atomic E-state index is 9.66. The first kappa shape index (κ1) is 16.9. The van der Waals surface area contributed by atoms with E-state index in [0.717, 1.165) is 24.8 Å². The van der Waals surface area contributed by atoms with Crippen molar-refractivity contribution in [3.05, 3.63) is 30.7 Å². The quantitative estimate of drug-likeness (QED) is 0.421. The number of hydrogen-bond acceptors (Lipinski definition) is 2. The Morgan fingerprint density at radius 2 is 1.30 bits per heavy atom. The number of phenolic OH excluding ortho intramolecular Hbond substituents is 2. The third-order valence-corrected chi connectivity index (χ3v) is 3.76. The summed E-state index contributed by atoms with van der Waals surface area (Å²) in [5.74, 6) is 0.535. The molecule has 1 radical (unpaired) electrons. The van der Waals surface area contributed by atoms with Gasteiger partial charge in [-0.1, -0.05) is 64.7 Å². The lowest BCUT2D eigenvalue weighted by Crippen LogP contribution is -1.87. The number of unbranched alkanes of at least 4 members (excludes halogenated alkanes) is 9. The highest BCUT2D eigenvalue weighted by Gasteiger charge is 2.02. The molecule has 0 amide bonds. The topological polar surface area (TPSA) is 40.5 Å². The summed E-state index contributed by atoms with van der Waals surface area (Å²) in [5.41, 5.74) is 0.859. The molecule has 0 aliphatic carbocycles. The molecule has 2 N–H and O–H groups in total. The first-order chi connectivity index (χ1) is 9.74. The molecule has 20 heavy (non-hydrogen) atoms. The Bertz CT molecular complexity index is 360. The van der Waals surface area contributed by atoms with E-state index >= 15 is 0 Å². The molecule has 0 saturated heterocycles. The highest BCUT2D eigenvalue weighted by atomic mass is 16.3. The molecule has 0 bridgehead atoms. The fourth-order valence-corrected chi connectivity index (χ4v) is 2.50. The highest BCUT2D eigenvalue weighted by Crippen LogP contribution is 2.24. The number of hydrogen-bond donors (Lipinski definition) is 2. The third-order valence-electron chi connectivity index (χ3n) is 3.76. The van der Waals surface area contributed by atoms with Crippen LogP contribution in [-0.4, -0.2) is 10.2 Å². The SMILES string of the molecule is [CH2]CCCCCCCCCCCc1cc(O)ccc1O. The molecular weight excluding hydrogens is 248 g/mol. The second kappa shape index (κ2) is 10.6. The lowest BCUT2D eigenvalue weighted by Gasteiger charge is -2.05. The van der Waals surface area contributed by atoms with E-state index in [9.17, 15) is 10.2 Å². The van der Waals surface area contributed by atoms with Crippen molar-refractivity contribution in [2.45, 2.75) is 70.6 Å². The normalized spacial score (nSPS) is 10.8. The maximum absolute atomic E-state index is 9.66. The monoisotopic (exact) mass is 277 g/mol. The molecule has 1 aromatic rings. The van der Waals surface area contributed by atoms with Crippen molar-refractivity contribution in [2.75, 3.05) is 0 Å². The van der Waals surface area contributed by atoms with E-state index in [1.165, 1.54) is 57.4 Å². The van der Waals surface area contributed by atoms with Gasteiger partial charge < -0.3 is 10.2 Å². The fraction of sp³-hybridized carbons (Fsp3) is 0.611. The molecule has 113 valence electrons. The predicted molar refractivity (Wildman–Crippen MR) is 85.0 cm³/mol. The first-order valence-electron chi connectivity index (χ1n) is 8.04. The van der Waals surface area contributed by atoms with E-state index < -0.39 is 0 Å². The van der Waals surface area contributed by atoms with Gasteiger partial charge in [0.05, 0.1) is 0 Å². The zero-order chi connectivity index (χ0) is 14.6. The van der Waals surface area contributed by atoms with Crippen LogP contribution >= 0.6 is 0 Å². The van der Waals surface area contributed by atoms with Gasteiger partial charge in [-0.25, -0.2) is 0 Å². The lowest BCUT2D eigenvalue weighted by molar-refractivity contribution is 0.452. The van der Waals surface area contributed by atoms with Gasteiger partial charge >= 0.3 is 0 Å². The van der Waals surface area contributed by atoms with E-state index in [1.807, 2.05) is 0 Å². The average Bonchev–Trinajstić information content (AvgIpc) is 2.44. The van der Waals surface area contributed by atoms with Crippen LogP contribution in [0.1, 0.15) is 69.8 Å². The zero-order valence-electron chi connectivity index (χ0n) is 12.6. The minimum absolute atomic E-state index is 0.236. The summed E-state index contributed by atoms with van der Waals surface area (Å²) in [4.78, 5) is 0. The second-order valence-electron chi connectivity index (χ2n) is 5.60. The molecule has 1 aromatic carbocycles. The van der Waals surface area contributed by atoms with Gasteiger partial charge in [-0.15, -0.1) is 0 Å². The third kappa shape index (κ3) is 7.42. The van der Waals surface area contributed by atoms with E-state index in [-0.39, 0.29) is 5.75 Å². The van der Waals surface area contributed by atoms with Crippen molar-refractivity contribution in [3.8, 4) is 11.5 Å². The summed E-state index contributed by atoms with van der Waals surface area (Å²) >= 11 is 0. The van der Waals surface area contributed by atoms with E-state index in [1.54, 1.807) is 12.1 Å². The van der Waals surface area contributed by atoms with Crippen LogP contribution in [0.25, 0.3) is 0 Å². The van der Waals surface area contributed by atoms with Crippen molar-refractivity contribution >= 4 is 0 Å². The average molecular weight is 277 g/mol. The molecule has 2 nitrogen and oxygen atoms in total. The molecule has 0 aliphatic rings. The largest absolute Gasteiger partial charge is 0.508 e. The molecule has 0 spiro atoms. The van der Waals surface area contributed by atoms with E-state index in [2.05, 4.69) is 6.92 Å². The van der Waals surface area contributed by atoms with Crippen molar-refractivity contribution in [1.29, 1.82) is 0 Å². The predicted octanol–water partition coefficient (Wildman–Crippen LogP) is 5.38. The molecule has 0 unspecified atom stereocenters. The van der Waals surface area contributed by atoms with Crippen LogP contribution in [0.4, 0.5) is 0 Å². The molecule has 2 heteroatoms. The summed E-state index contributed by atoms with van der Waals surface area (Å²) in [5, 5.41) is 19.0. The van der Waals surface area contributed by atoms with Gasteiger partial charge in [0.1, 0.15) is 11.5 Å². The molecule has 0 heterocycles. The summed E-state index contributed by atoms with van der Waals surface area (Å²) in [6, 6.07) is 4.75. The standard InChI is InChI=1S/C18H29O2/c1-2-3-4-5-6-7-8-9-10-11-12-16-15-17(19)13-14-18(16)20/h13-15,19-20H,1-12H2. The number of rotatable bonds is 11. The molecule has 0 aromatic heterocycles. The number of benzene rings is 1. The number of phenols is 2. The molecule has 0 saturated carbocycles. The lowest BCUT2D eigenvalue weighted by atomic mass is 10.0. The minimum Gasteiger partial charge on any atom is -0.508 e. The molecule has 0 fully saturated rings. The summed E-state index contributed by atoms with van der Waals surface area (Å²) in [6.07, 6.45) is 13.5. The van der Waals surface area contributed by atoms with E-state index in [0.29, 0.717) is 5.75 Å². The summed E-state index contributed by atoms with van der Waals surface area (Å²) < 4.78 is 0. The van der Waals surface area contributed by atoms with Gasteiger partial charge in [0.15, 0.2) is 0 Å². The Morgan fingerprint density at radius 1 is 0.750 bits per heavy atom. The van der Waals surface area contributed by atoms with Gasteiger partial charge in [-0.3, -0.25) is 0 Å². The van der Waals surface area contributed by atoms with Gasteiger partial charge in [0.2, 0.25) is 0 Å². The van der Waals surface area contributed by atoms with Crippen LogP contribution < -0.4 is 0 Å². The highest BCUT2D eigenvalue weighted by molar-refractivity contribution is 5.38. The van der Waals surface area contributed by atoms with Crippen molar-refractivity contribution in [2.24, 2.45) is 0 Å². The van der Waals surface area contributed by atoms with Gasteiger partial charge in [-0.2, -0.15) is 0 Å². The van der Waals surface area contributed by atoms with Gasteiger partial charge in [0, 0.05) is 0 Å². The fourth-order valence-electron chi connectivity index (χ4n) is 2.50. The maximum Gasteiger partial charge on any atom is 0.119 e. The van der Waals surface area contributed by atoms with Crippen molar-refractivity contribution < 1.29 is 10.2 Å². The van der Waals surface area contributed by atoms with Gasteiger partial charge in [-0.05, 0) is 36.6 Å². The van der Waals surface area contributed by atoms with Crippen LogP contribution in [0.2, 0.25) is 0 Å². The van der Waals surface area contributed by atoms with E-state index in [4.69, 9.17) is 0 Å². The zero-order valence-corrected chi connectivity index (χ0v) is 12.6. The minimum atomic E-state index is 0.236. The van der Waals surface area contributed by atoms with Crippen LogP contribution in [0.3, 0.4) is 0 Å². The van der Waals surface area contributed by atoms with Crippen LogP contribution in [0, 0.1) is 6.92 Å². The van der Waals surface area contributed by atoms with Crippen LogP contribution in [-0.2, 0) is 6.42 Å². The molecule has 0 atom stereocenters. The van der Waals surface area contributed by atoms with Gasteiger partial charge in [0.25, 0.3) is 0 Å². The molecule has 1 rings (SSSR count). The Balaban J connectivity index is 1.98. The van der Waals surface area contributed by atoms with Crippen LogP contribution in [0.5, 0.6) is 11.5 Å². The molecule has 0 aliphatic heterocycles. The number of aryl methyl sites for hydroxylation is 1. The summed E-state index contributed by atoms with van der Waals surface area (Å²) in [7, 11) is 0. The van der Waals surface area contributed by atoms with Crippen molar-refractivity contribution in [3.63, 3.8) is 0 Å². The smallest absolute Gasteiger partial charge is 0.119 e. The second-order valence-corrected chi connectivity index (χ2v) is 5.60. The molecular formula is C18H29O2. The van der Waals surface area contributed by atoms with Crippen LogP contribution in [0.15, 0.2) is 18.2 Å². The first-order valence-corrected chi connectivity index (χ1v) is 8.04. The Hall–Kier alpha value is -1.18. The van der Waals surface area contributed by atoms with Crippen molar-refractivity contribution in [1.82, 2.24) is 0 Å². The Morgan fingerprint density at radius 3 is 1.90 bits per heavy atom. The number of aromatic hydroxyl groups is 2. The summed E-state index contributed by atoms with van der Waals surface area (Å²) in [6.45, 7) is 3.86. The Labute approximate surface area is 123 Å². The Kier molecular flexibility index (Phi) is 8.93.